The maximum atomic E-state index is 12.7. The molecule has 1 aromatic carbocycles. The molecule has 1 aliphatic heterocycles. The Morgan fingerprint density at radius 1 is 1.07 bits per heavy atom. The number of aliphatic hydroxyl groups is 1. The van der Waals surface area contributed by atoms with Gasteiger partial charge < -0.3 is 24.1 Å². The monoisotopic (exact) mass is 617 g/mol. The van der Waals surface area contributed by atoms with Crippen molar-refractivity contribution in [3.8, 4) is 0 Å². The number of aromatic nitrogens is 3. The lowest BCUT2D eigenvalue weighted by Gasteiger charge is -2.44. The predicted octanol–water partition coefficient (Wildman–Crippen LogP) is 3.41. The highest BCUT2D eigenvalue weighted by molar-refractivity contribution is 7.99. The first-order valence-corrected chi connectivity index (χ1v) is 13.9. The number of esters is 3. The van der Waals surface area contributed by atoms with Crippen LogP contribution in [0.4, 0.5) is 0 Å². The Morgan fingerprint density at radius 3 is 2.35 bits per heavy atom. The topological polar surface area (TPSA) is 156 Å². The molecule has 0 saturated carbocycles. The number of hydrogen-bond donors (Lipinski definition) is 1. The minimum atomic E-state index is -1.28. The first-order valence-electron chi connectivity index (χ1n) is 12.3. The highest BCUT2D eigenvalue weighted by atomic mass is 35.5. The van der Waals surface area contributed by atoms with Gasteiger partial charge in [0.2, 0.25) is 5.78 Å². The molecule has 0 spiro atoms. The van der Waals surface area contributed by atoms with Crippen LogP contribution in [0.3, 0.4) is 0 Å². The summed E-state index contributed by atoms with van der Waals surface area (Å²) in [6, 6.07) is 3.78. The summed E-state index contributed by atoms with van der Waals surface area (Å²) in [7, 11) is 0. The number of hydrogen-bond acceptors (Lipinski definition) is 12. The van der Waals surface area contributed by atoms with Gasteiger partial charge in [-0.15, -0.1) is 5.10 Å². The van der Waals surface area contributed by atoms with Gasteiger partial charge in [0.1, 0.15) is 30.3 Å². The van der Waals surface area contributed by atoms with E-state index in [1.807, 2.05) is 6.92 Å². The number of benzene rings is 1. The number of Topliss-reactive ketones (excluding diaryl/α,β-unsaturated/α-hetero) is 1. The van der Waals surface area contributed by atoms with Crippen LogP contribution >= 0.6 is 35.0 Å². The van der Waals surface area contributed by atoms with Gasteiger partial charge >= 0.3 is 17.9 Å². The molecular weight excluding hydrogens is 589 g/mol. The highest BCUT2D eigenvalue weighted by Gasteiger charge is 2.52. The maximum absolute atomic E-state index is 12.7. The highest BCUT2D eigenvalue weighted by Crippen LogP contribution is 2.42. The van der Waals surface area contributed by atoms with E-state index < -0.39 is 59.6 Å². The molecule has 12 nitrogen and oxygen atoms in total. The van der Waals surface area contributed by atoms with Gasteiger partial charge in [0.15, 0.2) is 17.9 Å². The van der Waals surface area contributed by atoms with E-state index >= 15 is 0 Å². The normalized spacial score (nSPS) is 23.2. The van der Waals surface area contributed by atoms with Gasteiger partial charge in [0, 0.05) is 25.7 Å². The van der Waals surface area contributed by atoms with Crippen molar-refractivity contribution >= 4 is 58.7 Å². The molecule has 1 aliphatic rings. The van der Waals surface area contributed by atoms with Gasteiger partial charge in [0.05, 0.1) is 16.2 Å². The van der Waals surface area contributed by atoms with Gasteiger partial charge in [-0.3, -0.25) is 19.2 Å². The Morgan fingerprint density at radius 2 is 1.75 bits per heavy atom. The first kappa shape index (κ1) is 31.8. The van der Waals surface area contributed by atoms with Crippen LogP contribution in [-0.2, 0) is 33.3 Å². The molecule has 40 heavy (non-hydrogen) atoms. The summed E-state index contributed by atoms with van der Waals surface area (Å²) >= 11 is 13.4. The second-order valence-electron chi connectivity index (χ2n) is 8.93. The summed E-state index contributed by atoms with van der Waals surface area (Å²) in [5.74, 6) is -2.62. The smallest absolute Gasteiger partial charge is 0.303 e. The van der Waals surface area contributed by atoms with E-state index in [-0.39, 0.29) is 23.7 Å². The SMILES string of the molecule is CCCC(O)C(=O)c1cn([C@@H]2[C@@H](OC(C)=O)[C@@H](Sc3ccc(Cl)c(Cl)c3)O[C@H](COC(C)=O)[C@@H]2OC(C)=O)nn1. The lowest BCUT2D eigenvalue weighted by molar-refractivity contribution is -0.212. The van der Waals surface area contributed by atoms with E-state index in [1.54, 1.807) is 18.2 Å². The number of nitrogens with zero attached hydrogens (tertiary/aromatic N) is 3. The fourth-order valence-corrected chi connectivity index (χ4v) is 5.59. The summed E-state index contributed by atoms with van der Waals surface area (Å²) in [5, 5.41) is 18.8. The third-order valence-electron chi connectivity index (χ3n) is 5.75. The number of rotatable bonds is 11. The van der Waals surface area contributed by atoms with E-state index in [4.69, 9.17) is 42.1 Å². The average Bonchev–Trinajstić information content (AvgIpc) is 3.35. The molecule has 15 heteroatoms. The summed E-state index contributed by atoms with van der Waals surface area (Å²) in [4.78, 5) is 49.4. The molecule has 3 rings (SSSR count). The van der Waals surface area contributed by atoms with Crippen molar-refractivity contribution in [2.45, 2.75) is 81.3 Å². The molecule has 1 saturated heterocycles. The molecule has 1 fully saturated rings. The number of aliphatic hydroxyl groups excluding tert-OH is 1. The molecule has 0 aliphatic carbocycles. The average molecular weight is 618 g/mol. The van der Waals surface area contributed by atoms with Crippen molar-refractivity contribution in [1.29, 1.82) is 0 Å². The van der Waals surface area contributed by atoms with Crippen LogP contribution in [0.2, 0.25) is 10.0 Å². The van der Waals surface area contributed by atoms with Crippen LogP contribution in [0.1, 0.15) is 57.1 Å². The second-order valence-corrected chi connectivity index (χ2v) is 10.9. The van der Waals surface area contributed by atoms with Crippen LogP contribution in [0, 0.1) is 0 Å². The summed E-state index contributed by atoms with van der Waals surface area (Å²) < 4.78 is 23.9. The molecule has 2 aromatic rings. The minimum absolute atomic E-state index is 0.138. The van der Waals surface area contributed by atoms with Gasteiger partial charge in [-0.05, 0) is 24.6 Å². The van der Waals surface area contributed by atoms with E-state index in [2.05, 4.69) is 10.3 Å². The number of carbonyl (C=O) groups is 4. The zero-order valence-electron chi connectivity index (χ0n) is 22.1. The Hall–Kier alpha value is -2.71. The molecule has 2 heterocycles. The van der Waals surface area contributed by atoms with Crippen molar-refractivity contribution in [3.63, 3.8) is 0 Å². The Balaban J connectivity index is 2.10. The van der Waals surface area contributed by atoms with Gasteiger partial charge in [-0.2, -0.15) is 0 Å². The summed E-state index contributed by atoms with van der Waals surface area (Å²) in [5.41, 5.74) is -1.10. The zero-order valence-corrected chi connectivity index (χ0v) is 24.4. The molecule has 0 radical (unpaired) electrons. The summed E-state index contributed by atoms with van der Waals surface area (Å²) in [6.07, 6.45) is -2.62. The summed E-state index contributed by atoms with van der Waals surface area (Å²) in [6.45, 7) is 5.08. The minimum Gasteiger partial charge on any atom is -0.463 e. The van der Waals surface area contributed by atoms with Crippen LogP contribution < -0.4 is 0 Å². The van der Waals surface area contributed by atoms with Gasteiger partial charge in [-0.1, -0.05) is 53.5 Å². The molecule has 0 amide bonds. The largest absolute Gasteiger partial charge is 0.463 e. The zero-order chi connectivity index (χ0) is 29.6. The van der Waals surface area contributed by atoms with E-state index in [0.717, 1.165) is 11.8 Å². The maximum Gasteiger partial charge on any atom is 0.303 e. The van der Waals surface area contributed by atoms with Crippen LogP contribution in [0.15, 0.2) is 29.3 Å². The molecule has 1 unspecified atom stereocenters. The molecule has 218 valence electrons. The predicted molar refractivity (Wildman–Crippen MR) is 143 cm³/mol. The number of ether oxygens (including phenoxy) is 4. The first-order chi connectivity index (χ1) is 18.9. The number of thioether (sulfide) groups is 1. The fraction of sp³-hybridized carbons (Fsp3) is 0.520. The molecular formula is C25H29Cl2N3O9S. The van der Waals surface area contributed by atoms with E-state index in [1.165, 1.54) is 31.6 Å². The van der Waals surface area contributed by atoms with Crippen LogP contribution in [0.5, 0.6) is 0 Å². The third kappa shape index (κ3) is 8.16. The van der Waals surface area contributed by atoms with Crippen molar-refractivity contribution in [1.82, 2.24) is 15.0 Å². The van der Waals surface area contributed by atoms with Crippen molar-refractivity contribution < 1.29 is 43.2 Å². The second kappa shape index (κ2) is 14.3. The Kier molecular flexibility index (Phi) is 11.3. The Labute approximate surface area is 244 Å². The van der Waals surface area contributed by atoms with Crippen molar-refractivity contribution in [3.05, 3.63) is 40.1 Å². The standard InChI is InChI=1S/C25H29Cl2N3O9S/c1-5-6-19(34)22(35)18-10-30(29-28-18)21-23(37-13(3)32)20(11-36-12(2)31)39-25(24(21)38-14(4)33)40-15-7-8-16(26)17(27)9-15/h7-10,19-21,23-25,34H,5-6,11H2,1-4H3/t19?,20-,21+,23+,24-,25-/m1/s1. The van der Waals surface area contributed by atoms with Crippen molar-refractivity contribution in [2.24, 2.45) is 0 Å². The Bertz CT molecular complexity index is 1240. The molecule has 1 N–H and O–H groups in total. The van der Waals surface area contributed by atoms with E-state index in [9.17, 15) is 24.3 Å². The van der Waals surface area contributed by atoms with Crippen LogP contribution in [-0.4, -0.2) is 80.3 Å². The number of ketones is 1. The lowest BCUT2D eigenvalue weighted by Crippen LogP contribution is -2.57. The van der Waals surface area contributed by atoms with Crippen LogP contribution in [0.25, 0.3) is 0 Å². The molecule has 1 aromatic heterocycles. The number of carbonyl (C=O) groups excluding carboxylic acids is 4. The van der Waals surface area contributed by atoms with E-state index in [0.29, 0.717) is 16.3 Å². The fourth-order valence-electron chi connectivity index (χ4n) is 4.07. The number of halogens is 2. The molecule has 6 atom stereocenters. The van der Waals surface area contributed by atoms with Gasteiger partial charge in [-0.25, -0.2) is 4.68 Å². The van der Waals surface area contributed by atoms with Gasteiger partial charge in [0.25, 0.3) is 0 Å². The molecule has 0 bridgehead atoms. The van der Waals surface area contributed by atoms with Crippen molar-refractivity contribution in [2.75, 3.05) is 6.61 Å². The third-order valence-corrected chi connectivity index (χ3v) is 7.62. The lowest BCUT2D eigenvalue weighted by atomic mass is 9.96. The quantitative estimate of drug-likeness (QED) is 0.223.